The number of amides is 1. The average molecular weight is 326 g/mol. The molecule has 1 amide bonds. The standard InChI is InChI=1S/C16H23N3O2.ClH/c1-11(2)7-8-19-10-12(9-14(17)16(20)18-21)13-5-3-4-6-15(13)19;/h3-6,10-11,14,21H,7-9,17H2,1-2H3,(H,18,20);1H/t14-;/m0./s1. The van der Waals surface area contributed by atoms with Gasteiger partial charge in [0.1, 0.15) is 0 Å². The molecule has 0 aliphatic rings. The molecule has 122 valence electrons. The SMILES string of the molecule is CC(C)CCn1cc(C[C@H](N)C(=O)NO)c2ccccc21.Cl. The van der Waals surface area contributed by atoms with Crippen molar-refractivity contribution in [3.8, 4) is 0 Å². The van der Waals surface area contributed by atoms with Crippen LogP contribution in [0.2, 0.25) is 0 Å². The molecule has 1 aromatic carbocycles. The number of benzene rings is 1. The summed E-state index contributed by atoms with van der Waals surface area (Å²) in [7, 11) is 0. The van der Waals surface area contributed by atoms with E-state index in [2.05, 4.69) is 30.7 Å². The zero-order valence-corrected chi connectivity index (χ0v) is 13.8. The van der Waals surface area contributed by atoms with Gasteiger partial charge in [-0.15, -0.1) is 12.4 Å². The highest BCUT2D eigenvalue weighted by molar-refractivity contribution is 5.86. The van der Waals surface area contributed by atoms with Crippen LogP contribution in [-0.2, 0) is 17.8 Å². The molecule has 0 spiro atoms. The van der Waals surface area contributed by atoms with Crippen molar-refractivity contribution in [2.45, 2.75) is 39.3 Å². The van der Waals surface area contributed by atoms with Gasteiger partial charge in [0.2, 0.25) is 0 Å². The Hall–Kier alpha value is -1.56. The molecule has 1 atom stereocenters. The Morgan fingerprint density at radius 1 is 1.36 bits per heavy atom. The van der Waals surface area contributed by atoms with Crippen molar-refractivity contribution in [1.82, 2.24) is 10.0 Å². The quantitative estimate of drug-likeness (QED) is 0.564. The highest BCUT2D eigenvalue weighted by atomic mass is 35.5. The first-order valence-corrected chi connectivity index (χ1v) is 7.29. The number of carbonyl (C=O) groups excluding carboxylic acids is 1. The molecule has 0 fully saturated rings. The van der Waals surface area contributed by atoms with Crippen LogP contribution < -0.4 is 11.2 Å². The van der Waals surface area contributed by atoms with E-state index in [-0.39, 0.29) is 12.4 Å². The van der Waals surface area contributed by atoms with Crippen LogP contribution in [0.1, 0.15) is 25.8 Å². The number of aromatic nitrogens is 1. The molecule has 0 saturated heterocycles. The van der Waals surface area contributed by atoms with Crippen LogP contribution >= 0.6 is 12.4 Å². The molecule has 0 aliphatic carbocycles. The summed E-state index contributed by atoms with van der Waals surface area (Å²) in [5.74, 6) is 0.0750. The number of nitrogens with zero attached hydrogens (tertiary/aromatic N) is 1. The van der Waals surface area contributed by atoms with Crippen molar-refractivity contribution in [3.63, 3.8) is 0 Å². The maximum absolute atomic E-state index is 11.4. The second-order valence-corrected chi connectivity index (χ2v) is 5.83. The lowest BCUT2D eigenvalue weighted by molar-refractivity contribution is -0.130. The summed E-state index contributed by atoms with van der Waals surface area (Å²) in [6, 6.07) is 7.37. The van der Waals surface area contributed by atoms with Crippen LogP contribution in [0.15, 0.2) is 30.5 Å². The molecule has 0 bridgehead atoms. The first-order chi connectivity index (χ1) is 10.0. The van der Waals surface area contributed by atoms with Gasteiger partial charge >= 0.3 is 0 Å². The first kappa shape index (κ1) is 18.5. The Morgan fingerprint density at radius 2 is 2.05 bits per heavy atom. The van der Waals surface area contributed by atoms with Gasteiger partial charge in [0, 0.05) is 23.6 Å². The van der Waals surface area contributed by atoms with Crippen molar-refractivity contribution in [2.24, 2.45) is 11.7 Å². The monoisotopic (exact) mass is 325 g/mol. The maximum Gasteiger partial charge on any atom is 0.260 e. The molecular weight excluding hydrogens is 302 g/mol. The van der Waals surface area contributed by atoms with Gasteiger partial charge < -0.3 is 10.3 Å². The van der Waals surface area contributed by atoms with E-state index in [4.69, 9.17) is 10.9 Å². The molecule has 0 radical (unpaired) electrons. The predicted molar refractivity (Wildman–Crippen MR) is 90.2 cm³/mol. The predicted octanol–water partition coefficient (Wildman–Crippen LogP) is 2.48. The number of aryl methyl sites for hydroxylation is 1. The Balaban J connectivity index is 0.00000242. The smallest absolute Gasteiger partial charge is 0.260 e. The zero-order valence-electron chi connectivity index (χ0n) is 13.0. The lowest BCUT2D eigenvalue weighted by Crippen LogP contribution is -2.40. The number of hydrogen-bond acceptors (Lipinski definition) is 3. The molecule has 22 heavy (non-hydrogen) atoms. The number of hydroxylamine groups is 1. The molecule has 6 heteroatoms. The molecule has 1 heterocycles. The summed E-state index contributed by atoms with van der Waals surface area (Å²) in [5, 5.41) is 9.78. The van der Waals surface area contributed by atoms with E-state index in [1.165, 1.54) is 0 Å². The van der Waals surface area contributed by atoms with Gasteiger partial charge in [-0.05, 0) is 30.4 Å². The number of rotatable bonds is 6. The Kier molecular flexibility index (Phi) is 6.87. The van der Waals surface area contributed by atoms with Gasteiger partial charge in [-0.2, -0.15) is 0 Å². The van der Waals surface area contributed by atoms with Crippen LogP contribution in [0.4, 0.5) is 0 Å². The number of nitrogens with one attached hydrogen (secondary N) is 1. The summed E-state index contributed by atoms with van der Waals surface area (Å²) >= 11 is 0. The minimum Gasteiger partial charge on any atom is -0.347 e. The molecule has 2 rings (SSSR count). The Bertz CT molecular complexity index is 625. The van der Waals surface area contributed by atoms with Crippen molar-refractivity contribution < 1.29 is 10.0 Å². The second-order valence-electron chi connectivity index (χ2n) is 5.83. The number of para-hydroxylation sites is 1. The molecule has 4 N–H and O–H groups in total. The molecule has 0 unspecified atom stereocenters. The van der Waals surface area contributed by atoms with Crippen molar-refractivity contribution in [2.75, 3.05) is 0 Å². The third-order valence-corrected chi connectivity index (χ3v) is 3.71. The van der Waals surface area contributed by atoms with E-state index in [1.54, 1.807) is 5.48 Å². The van der Waals surface area contributed by atoms with Crippen LogP contribution in [-0.4, -0.2) is 21.7 Å². The van der Waals surface area contributed by atoms with Crippen molar-refractivity contribution >= 4 is 29.2 Å². The van der Waals surface area contributed by atoms with Crippen LogP contribution in [0, 0.1) is 5.92 Å². The number of hydrogen-bond donors (Lipinski definition) is 3. The van der Waals surface area contributed by atoms with Gasteiger partial charge in [-0.25, -0.2) is 5.48 Å². The fourth-order valence-electron chi connectivity index (χ4n) is 2.48. The van der Waals surface area contributed by atoms with Crippen LogP contribution in [0.5, 0.6) is 0 Å². The first-order valence-electron chi connectivity index (χ1n) is 7.29. The molecule has 1 aromatic heterocycles. The highest BCUT2D eigenvalue weighted by Crippen LogP contribution is 2.23. The summed E-state index contributed by atoms with van der Waals surface area (Å²) in [6.07, 6.45) is 3.57. The van der Waals surface area contributed by atoms with E-state index in [9.17, 15) is 4.79 Å². The van der Waals surface area contributed by atoms with Gasteiger partial charge in [0.15, 0.2) is 0 Å². The normalized spacial score (nSPS) is 12.2. The van der Waals surface area contributed by atoms with E-state index in [0.29, 0.717) is 12.3 Å². The topological polar surface area (TPSA) is 80.3 Å². The minimum absolute atomic E-state index is 0. The van der Waals surface area contributed by atoms with E-state index in [1.807, 2.05) is 18.2 Å². The molecule has 0 aliphatic heterocycles. The van der Waals surface area contributed by atoms with Crippen molar-refractivity contribution in [3.05, 3.63) is 36.0 Å². The summed E-state index contributed by atoms with van der Waals surface area (Å²) in [5.41, 5.74) is 9.60. The molecule has 0 saturated carbocycles. The minimum atomic E-state index is -0.751. The summed E-state index contributed by atoms with van der Waals surface area (Å²) < 4.78 is 2.22. The van der Waals surface area contributed by atoms with Crippen LogP contribution in [0.25, 0.3) is 10.9 Å². The third-order valence-electron chi connectivity index (χ3n) is 3.71. The van der Waals surface area contributed by atoms with E-state index >= 15 is 0 Å². The summed E-state index contributed by atoms with van der Waals surface area (Å²) in [4.78, 5) is 11.4. The highest BCUT2D eigenvalue weighted by Gasteiger charge is 2.16. The maximum atomic E-state index is 11.4. The fraction of sp³-hybridized carbons (Fsp3) is 0.438. The van der Waals surface area contributed by atoms with Gasteiger partial charge in [0.05, 0.1) is 6.04 Å². The lowest BCUT2D eigenvalue weighted by Gasteiger charge is -2.08. The van der Waals surface area contributed by atoms with Gasteiger partial charge in [0.25, 0.3) is 5.91 Å². The number of halogens is 1. The molecular formula is C16H24ClN3O2. The lowest BCUT2D eigenvalue weighted by atomic mass is 10.1. The zero-order chi connectivity index (χ0) is 15.4. The van der Waals surface area contributed by atoms with E-state index in [0.717, 1.165) is 29.4 Å². The largest absolute Gasteiger partial charge is 0.347 e. The summed E-state index contributed by atoms with van der Waals surface area (Å²) in [6.45, 7) is 5.35. The number of carbonyl (C=O) groups is 1. The van der Waals surface area contributed by atoms with Gasteiger partial charge in [-0.1, -0.05) is 32.0 Å². The number of nitrogens with two attached hydrogens (primary N) is 1. The third kappa shape index (κ3) is 4.22. The Labute approximate surface area is 136 Å². The molecule has 2 aromatic rings. The van der Waals surface area contributed by atoms with Crippen molar-refractivity contribution in [1.29, 1.82) is 0 Å². The molecule has 5 nitrogen and oxygen atoms in total. The van der Waals surface area contributed by atoms with Gasteiger partial charge in [-0.3, -0.25) is 10.0 Å². The Morgan fingerprint density at radius 3 is 2.68 bits per heavy atom. The van der Waals surface area contributed by atoms with E-state index < -0.39 is 11.9 Å². The average Bonchev–Trinajstić information content (AvgIpc) is 2.82. The van der Waals surface area contributed by atoms with Crippen LogP contribution in [0.3, 0.4) is 0 Å². The fourth-order valence-corrected chi connectivity index (χ4v) is 2.48. The number of fused-ring (bicyclic) bond motifs is 1. The second kappa shape index (κ2) is 8.17.